The molecule has 0 radical (unpaired) electrons. The van der Waals surface area contributed by atoms with Crippen LogP contribution in [0.3, 0.4) is 0 Å². The van der Waals surface area contributed by atoms with Crippen LogP contribution in [-0.4, -0.2) is 27.7 Å². The molecule has 0 bridgehead atoms. The first kappa shape index (κ1) is 24.5. The summed E-state index contributed by atoms with van der Waals surface area (Å²) in [5, 5.41) is 7.32. The summed E-state index contributed by atoms with van der Waals surface area (Å²) >= 11 is 5.99. The van der Waals surface area contributed by atoms with Crippen molar-refractivity contribution in [1.29, 1.82) is 0 Å². The smallest absolute Gasteiger partial charge is 0.321 e. The molecule has 10 heteroatoms. The van der Waals surface area contributed by atoms with Gasteiger partial charge in [0.1, 0.15) is 23.5 Å². The Balaban J connectivity index is 1.67. The Bertz CT molecular complexity index is 1350. The van der Waals surface area contributed by atoms with Gasteiger partial charge >= 0.3 is 5.92 Å². The van der Waals surface area contributed by atoms with Gasteiger partial charge in [0.15, 0.2) is 0 Å². The van der Waals surface area contributed by atoms with E-state index in [1.807, 2.05) is 0 Å². The second-order valence-electron chi connectivity index (χ2n) is 8.15. The Morgan fingerprint density at radius 2 is 1.77 bits per heavy atom. The van der Waals surface area contributed by atoms with Gasteiger partial charge in [-0.25, -0.2) is 13.5 Å². The molecule has 3 aromatic carbocycles. The molecule has 4 rings (SSSR count). The third kappa shape index (κ3) is 5.57. The fourth-order valence-corrected chi connectivity index (χ4v) is 3.86. The Morgan fingerprint density at radius 1 is 1.06 bits per heavy atom. The molecule has 0 aliphatic carbocycles. The fraction of sp³-hybridized carbons (Fsp3) is 0.200. The molecule has 4 aromatic rings. The van der Waals surface area contributed by atoms with Crippen LogP contribution < -0.4 is 10.1 Å². The largest absolute Gasteiger partial charge is 0.484 e. The Morgan fingerprint density at radius 3 is 2.43 bits per heavy atom. The van der Waals surface area contributed by atoms with Crippen LogP contribution in [0.25, 0.3) is 16.6 Å². The van der Waals surface area contributed by atoms with E-state index in [-0.39, 0.29) is 16.4 Å². The zero-order valence-corrected chi connectivity index (χ0v) is 19.4. The molecule has 1 heterocycles. The molecule has 0 fully saturated rings. The number of benzene rings is 3. The summed E-state index contributed by atoms with van der Waals surface area (Å²) in [7, 11) is 0. The molecule has 1 aromatic heterocycles. The quantitative estimate of drug-likeness (QED) is 0.303. The van der Waals surface area contributed by atoms with Gasteiger partial charge in [0.25, 0.3) is 5.91 Å². The molecule has 182 valence electrons. The van der Waals surface area contributed by atoms with Crippen molar-refractivity contribution in [3.63, 3.8) is 0 Å². The van der Waals surface area contributed by atoms with E-state index < -0.39 is 29.8 Å². The summed E-state index contributed by atoms with van der Waals surface area (Å²) < 4.78 is 61.9. The van der Waals surface area contributed by atoms with Gasteiger partial charge in [-0.15, -0.1) is 0 Å². The van der Waals surface area contributed by atoms with Crippen molar-refractivity contribution in [3.05, 3.63) is 89.1 Å². The predicted molar refractivity (Wildman–Crippen MR) is 124 cm³/mol. The third-order valence-electron chi connectivity index (χ3n) is 5.30. The SMILES string of the molecule is C[C@H](NC(=O)C(C)(F)F)[C@H](Oc1ccc2c(cnn2-c2ccc(F)cc2)c1)c1cc(F)cc(Cl)c1. The van der Waals surface area contributed by atoms with Gasteiger partial charge in [0, 0.05) is 17.3 Å². The molecule has 0 spiro atoms. The maximum Gasteiger partial charge on any atom is 0.321 e. The zero-order valence-electron chi connectivity index (χ0n) is 18.6. The second kappa shape index (κ2) is 9.58. The summed E-state index contributed by atoms with van der Waals surface area (Å²) in [4.78, 5) is 11.9. The molecule has 35 heavy (non-hydrogen) atoms. The molecular weight excluding hydrogens is 486 g/mol. The average molecular weight is 506 g/mol. The van der Waals surface area contributed by atoms with Crippen LogP contribution >= 0.6 is 11.6 Å². The Labute approximate surface area is 203 Å². The molecule has 2 atom stereocenters. The lowest BCUT2D eigenvalue weighted by Crippen LogP contribution is -2.46. The van der Waals surface area contributed by atoms with Crippen molar-refractivity contribution in [3.8, 4) is 11.4 Å². The van der Waals surface area contributed by atoms with E-state index in [0.717, 1.165) is 12.1 Å². The molecular formula is C25H20ClF4N3O2. The number of amides is 1. The van der Waals surface area contributed by atoms with Gasteiger partial charge in [-0.2, -0.15) is 13.9 Å². The number of halogens is 5. The van der Waals surface area contributed by atoms with Crippen molar-refractivity contribution in [1.82, 2.24) is 15.1 Å². The van der Waals surface area contributed by atoms with Crippen molar-refractivity contribution in [2.45, 2.75) is 31.9 Å². The van der Waals surface area contributed by atoms with E-state index in [2.05, 4.69) is 10.4 Å². The third-order valence-corrected chi connectivity index (χ3v) is 5.52. The van der Waals surface area contributed by atoms with Crippen LogP contribution in [0, 0.1) is 11.6 Å². The summed E-state index contributed by atoms with van der Waals surface area (Å²) in [6.45, 7) is 1.95. The van der Waals surface area contributed by atoms with Crippen molar-refractivity contribution in [2.24, 2.45) is 0 Å². The van der Waals surface area contributed by atoms with Crippen LogP contribution in [0.15, 0.2) is 66.9 Å². The highest BCUT2D eigenvalue weighted by atomic mass is 35.5. The molecule has 5 nitrogen and oxygen atoms in total. The van der Waals surface area contributed by atoms with Crippen molar-refractivity contribution >= 4 is 28.4 Å². The normalized spacial score (nSPS) is 13.5. The molecule has 0 unspecified atom stereocenters. The lowest BCUT2D eigenvalue weighted by atomic mass is 10.0. The number of carbonyl (C=O) groups is 1. The minimum Gasteiger partial charge on any atom is -0.484 e. The summed E-state index contributed by atoms with van der Waals surface area (Å²) in [5.41, 5.74) is 1.62. The van der Waals surface area contributed by atoms with Gasteiger partial charge < -0.3 is 10.1 Å². The highest BCUT2D eigenvalue weighted by molar-refractivity contribution is 6.30. The standard InChI is InChI=1S/C25H20ClF4N3O2/c1-14(32-24(34)25(2,29)30)23(15-9-17(26)12-19(28)10-15)35-21-7-8-22-16(11-21)13-31-33(22)20-5-3-18(27)4-6-20/h3-14,23H,1-2H3,(H,32,34)/t14-,23-/m0/s1. The Kier molecular flexibility index (Phi) is 6.71. The van der Waals surface area contributed by atoms with E-state index in [0.29, 0.717) is 29.3 Å². The first-order valence-electron chi connectivity index (χ1n) is 10.6. The molecule has 0 aliphatic rings. The number of carbonyl (C=O) groups excluding carboxylic acids is 1. The molecule has 0 saturated heterocycles. The molecule has 0 aliphatic heterocycles. The van der Waals surface area contributed by atoms with Crippen LogP contribution in [0.2, 0.25) is 5.02 Å². The van der Waals surface area contributed by atoms with E-state index in [4.69, 9.17) is 16.3 Å². The number of rotatable bonds is 7. The van der Waals surface area contributed by atoms with Gasteiger partial charge in [0.2, 0.25) is 0 Å². The number of hydrogen-bond donors (Lipinski definition) is 1. The predicted octanol–water partition coefficient (Wildman–Crippen LogP) is 6.24. The van der Waals surface area contributed by atoms with Crippen molar-refractivity contribution in [2.75, 3.05) is 0 Å². The monoisotopic (exact) mass is 505 g/mol. The first-order chi connectivity index (χ1) is 16.5. The topological polar surface area (TPSA) is 56.1 Å². The number of nitrogens with zero attached hydrogens (tertiary/aromatic N) is 2. The Hall–Kier alpha value is -3.59. The van der Waals surface area contributed by atoms with E-state index in [9.17, 15) is 22.4 Å². The highest BCUT2D eigenvalue weighted by Crippen LogP contribution is 2.31. The minimum absolute atomic E-state index is 0.0870. The van der Waals surface area contributed by atoms with Crippen LogP contribution in [-0.2, 0) is 4.79 Å². The van der Waals surface area contributed by atoms with Crippen LogP contribution in [0.1, 0.15) is 25.5 Å². The van der Waals surface area contributed by atoms with E-state index in [1.165, 1.54) is 25.1 Å². The fourth-order valence-electron chi connectivity index (χ4n) is 3.63. The number of nitrogens with one attached hydrogen (secondary N) is 1. The van der Waals surface area contributed by atoms with E-state index >= 15 is 0 Å². The average Bonchev–Trinajstić information content (AvgIpc) is 3.19. The molecule has 0 saturated carbocycles. The van der Waals surface area contributed by atoms with Crippen LogP contribution in [0.4, 0.5) is 17.6 Å². The van der Waals surface area contributed by atoms with Gasteiger partial charge in [-0.3, -0.25) is 4.79 Å². The number of aromatic nitrogens is 2. The highest BCUT2D eigenvalue weighted by Gasteiger charge is 2.35. The first-order valence-corrected chi connectivity index (χ1v) is 10.9. The maximum absolute atomic E-state index is 14.1. The minimum atomic E-state index is -3.60. The summed E-state index contributed by atoms with van der Waals surface area (Å²) in [6, 6.07) is 13.6. The van der Waals surface area contributed by atoms with E-state index in [1.54, 1.807) is 41.2 Å². The number of hydrogen-bond acceptors (Lipinski definition) is 3. The van der Waals surface area contributed by atoms with Gasteiger partial charge in [-0.05, 0) is 73.2 Å². The van der Waals surface area contributed by atoms with Gasteiger partial charge in [-0.1, -0.05) is 11.6 Å². The number of ether oxygens (including phenoxy) is 1. The summed E-state index contributed by atoms with van der Waals surface area (Å²) in [5.74, 6) is -5.78. The zero-order chi connectivity index (χ0) is 25.3. The molecule has 1 N–H and O–H groups in total. The molecule has 1 amide bonds. The number of alkyl halides is 2. The second-order valence-corrected chi connectivity index (χ2v) is 8.58. The maximum atomic E-state index is 14.1. The number of fused-ring (bicyclic) bond motifs is 1. The van der Waals surface area contributed by atoms with Gasteiger partial charge in [0.05, 0.1) is 23.4 Å². The van der Waals surface area contributed by atoms with Crippen molar-refractivity contribution < 1.29 is 27.1 Å². The summed E-state index contributed by atoms with van der Waals surface area (Å²) in [6.07, 6.45) is 0.543. The lowest BCUT2D eigenvalue weighted by Gasteiger charge is -2.27. The lowest BCUT2D eigenvalue weighted by molar-refractivity contribution is -0.144. The van der Waals surface area contributed by atoms with Crippen LogP contribution in [0.5, 0.6) is 5.75 Å².